The molecule has 0 spiro atoms. The molecule has 0 aliphatic carbocycles. The SMILES string of the molecule is CCN(C(=O)c1cnccc1N)c1ccccc1. The van der Waals surface area contributed by atoms with E-state index in [1.54, 1.807) is 17.2 Å². The number of carbonyl (C=O) groups excluding carboxylic acids is 1. The average molecular weight is 241 g/mol. The molecule has 4 nitrogen and oxygen atoms in total. The van der Waals surface area contributed by atoms with Gasteiger partial charge in [0.25, 0.3) is 5.91 Å². The Morgan fingerprint density at radius 3 is 2.61 bits per heavy atom. The summed E-state index contributed by atoms with van der Waals surface area (Å²) in [7, 11) is 0. The molecule has 2 rings (SSSR count). The largest absolute Gasteiger partial charge is 0.398 e. The highest BCUT2D eigenvalue weighted by atomic mass is 16.2. The van der Waals surface area contributed by atoms with E-state index < -0.39 is 0 Å². The zero-order valence-electron chi connectivity index (χ0n) is 10.2. The van der Waals surface area contributed by atoms with E-state index in [4.69, 9.17) is 5.73 Å². The number of rotatable bonds is 3. The van der Waals surface area contributed by atoms with Crippen molar-refractivity contribution >= 4 is 17.3 Å². The molecule has 92 valence electrons. The lowest BCUT2D eigenvalue weighted by Crippen LogP contribution is -2.31. The summed E-state index contributed by atoms with van der Waals surface area (Å²) in [6.45, 7) is 2.51. The predicted octanol–water partition coefficient (Wildman–Crippen LogP) is 2.33. The third-order valence-electron chi connectivity index (χ3n) is 2.71. The predicted molar refractivity (Wildman–Crippen MR) is 72.4 cm³/mol. The number of nitrogens with two attached hydrogens (primary N) is 1. The van der Waals surface area contributed by atoms with Gasteiger partial charge < -0.3 is 10.6 Å². The molecule has 4 heteroatoms. The molecular weight excluding hydrogens is 226 g/mol. The van der Waals surface area contributed by atoms with Gasteiger partial charge in [-0.15, -0.1) is 0 Å². The summed E-state index contributed by atoms with van der Waals surface area (Å²) in [5, 5.41) is 0. The van der Waals surface area contributed by atoms with Crippen molar-refractivity contribution in [2.45, 2.75) is 6.92 Å². The Bertz CT molecular complexity index is 540. The van der Waals surface area contributed by atoms with E-state index in [-0.39, 0.29) is 5.91 Å². The number of para-hydroxylation sites is 1. The highest BCUT2D eigenvalue weighted by molar-refractivity contribution is 6.09. The monoisotopic (exact) mass is 241 g/mol. The molecule has 0 saturated carbocycles. The minimum Gasteiger partial charge on any atom is -0.398 e. The van der Waals surface area contributed by atoms with E-state index in [0.717, 1.165) is 5.69 Å². The van der Waals surface area contributed by atoms with Gasteiger partial charge in [0.2, 0.25) is 0 Å². The standard InChI is InChI=1S/C14H15N3O/c1-2-17(11-6-4-3-5-7-11)14(18)12-10-16-9-8-13(12)15/h3-10H,2H2,1H3,(H2,15,16). The van der Waals surface area contributed by atoms with Gasteiger partial charge in [-0.25, -0.2) is 0 Å². The van der Waals surface area contributed by atoms with Crippen LogP contribution in [-0.2, 0) is 0 Å². The summed E-state index contributed by atoms with van der Waals surface area (Å²) in [5.41, 5.74) is 7.54. The van der Waals surface area contributed by atoms with Crippen LogP contribution in [0, 0.1) is 0 Å². The Morgan fingerprint density at radius 2 is 2.00 bits per heavy atom. The fraction of sp³-hybridized carbons (Fsp3) is 0.143. The van der Waals surface area contributed by atoms with E-state index >= 15 is 0 Å². The molecule has 0 bridgehead atoms. The van der Waals surface area contributed by atoms with Crippen molar-refractivity contribution in [2.75, 3.05) is 17.2 Å². The number of nitrogen functional groups attached to an aromatic ring is 1. The molecule has 0 radical (unpaired) electrons. The van der Waals surface area contributed by atoms with Gasteiger partial charge in [-0.2, -0.15) is 0 Å². The van der Waals surface area contributed by atoms with Crippen LogP contribution >= 0.6 is 0 Å². The van der Waals surface area contributed by atoms with E-state index in [1.807, 2.05) is 37.3 Å². The van der Waals surface area contributed by atoms with E-state index in [1.165, 1.54) is 6.20 Å². The second-order valence-corrected chi connectivity index (χ2v) is 3.85. The zero-order chi connectivity index (χ0) is 13.0. The Labute approximate surface area is 106 Å². The normalized spacial score (nSPS) is 10.1. The van der Waals surface area contributed by atoms with Crippen molar-refractivity contribution in [1.82, 2.24) is 4.98 Å². The Morgan fingerprint density at radius 1 is 1.28 bits per heavy atom. The third kappa shape index (κ3) is 2.32. The lowest BCUT2D eigenvalue weighted by Gasteiger charge is -2.21. The van der Waals surface area contributed by atoms with Crippen molar-refractivity contribution in [3.63, 3.8) is 0 Å². The molecule has 2 N–H and O–H groups in total. The maximum Gasteiger partial charge on any atom is 0.261 e. The van der Waals surface area contributed by atoms with Crippen LogP contribution in [0.25, 0.3) is 0 Å². The van der Waals surface area contributed by atoms with Crippen molar-refractivity contribution in [3.8, 4) is 0 Å². The van der Waals surface area contributed by atoms with Gasteiger partial charge in [0.15, 0.2) is 0 Å². The van der Waals surface area contributed by atoms with Crippen LogP contribution in [0.1, 0.15) is 17.3 Å². The minimum atomic E-state index is -0.130. The molecule has 0 unspecified atom stereocenters. The molecule has 0 atom stereocenters. The summed E-state index contributed by atoms with van der Waals surface area (Å²) in [6.07, 6.45) is 3.08. The van der Waals surface area contributed by atoms with E-state index in [9.17, 15) is 4.79 Å². The molecule has 0 aliphatic heterocycles. The summed E-state index contributed by atoms with van der Waals surface area (Å²) < 4.78 is 0. The highest BCUT2D eigenvalue weighted by Crippen LogP contribution is 2.18. The molecular formula is C14H15N3O. The number of aromatic nitrogens is 1. The Hall–Kier alpha value is -2.36. The topological polar surface area (TPSA) is 59.2 Å². The number of anilines is 2. The summed E-state index contributed by atoms with van der Waals surface area (Å²) in [5.74, 6) is -0.130. The number of hydrogen-bond acceptors (Lipinski definition) is 3. The van der Waals surface area contributed by atoms with Crippen molar-refractivity contribution in [2.24, 2.45) is 0 Å². The molecule has 1 aromatic carbocycles. The fourth-order valence-corrected chi connectivity index (χ4v) is 1.78. The quantitative estimate of drug-likeness (QED) is 0.897. The zero-order valence-corrected chi connectivity index (χ0v) is 10.2. The lowest BCUT2D eigenvalue weighted by atomic mass is 10.2. The number of hydrogen-bond donors (Lipinski definition) is 1. The van der Waals surface area contributed by atoms with Gasteiger partial charge in [0.1, 0.15) is 0 Å². The van der Waals surface area contributed by atoms with Crippen LogP contribution in [-0.4, -0.2) is 17.4 Å². The molecule has 1 heterocycles. The van der Waals surface area contributed by atoms with Gasteiger partial charge >= 0.3 is 0 Å². The smallest absolute Gasteiger partial charge is 0.261 e. The van der Waals surface area contributed by atoms with Crippen LogP contribution in [0.15, 0.2) is 48.8 Å². The minimum absolute atomic E-state index is 0.130. The number of benzene rings is 1. The second kappa shape index (κ2) is 5.31. The first kappa shape index (κ1) is 12.1. The number of pyridine rings is 1. The maximum absolute atomic E-state index is 12.4. The molecule has 2 aromatic rings. The first-order chi connectivity index (χ1) is 8.74. The van der Waals surface area contributed by atoms with Gasteiger partial charge in [-0.05, 0) is 25.1 Å². The maximum atomic E-state index is 12.4. The van der Waals surface area contributed by atoms with Gasteiger partial charge in [-0.1, -0.05) is 18.2 Å². The number of carbonyl (C=O) groups is 1. The van der Waals surface area contributed by atoms with Crippen molar-refractivity contribution in [1.29, 1.82) is 0 Å². The molecule has 0 fully saturated rings. The highest BCUT2D eigenvalue weighted by Gasteiger charge is 2.18. The van der Waals surface area contributed by atoms with Crippen LogP contribution < -0.4 is 10.6 Å². The van der Waals surface area contributed by atoms with Gasteiger partial charge in [0, 0.05) is 30.3 Å². The van der Waals surface area contributed by atoms with Gasteiger partial charge in [0.05, 0.1) is 5.56 Å². The van der Waals surface area contributed by atoms with Crippen LogP contribution in [0.4, 0.5) is 11.4 Å². The molecule has 0 aliphatic rings. The molecule has 0 saturated heterocycles. The molecule has 1 amide bonds. The average Bonchev–Trinajstić information content (AvgIpc) is 2.41. The van der Waals surface area contributed by atoms with E-state index in [2.05, 4.69) is 4.98 Å². The Balaban J connectivity index is 2.35. The Kier molecular flexibility index (Phi) is 3.57. The van der Waals surface area contributed by atoms with Crippen LogP contribution in [0.3, 0.4) is 0 Å². The molecule has 1 aromatic heterocycles. The number of amides is 1. The number of nitrogens with zero attached hydrogens (tertiary/aromatic N) is 2. The first-order valence-corrected chi connectivity index (χ1v) is 5.80. The van der Waals surface area contributed by atoms with Crippen molar-refractivity contribution < 1.29 is 4.79 Å². The lowest BCUT2D eigenvalue weighted by molar-refractivity contribution is 0.0989. The summed E-state index contributed by atoms with van der Waals surface area (Å²) in [6, 6.07) is 11.1. The van der Waals surface area contributed by atoms with Gasteiger partial charge in [-0.3, -0.25) is 9.78 Å². The summed E-state index contributed by atoms with van der Waals surface area (Å²) in [4.78, 5) is 18.0. The van der Waals surface area contributed by atoms with E-state index in [0.29, 0.717) is 17.8 Å². The van der Waals surface area contributed by atoms with Crippen LogP contribution in [0.5, 0.6) is 0 Å². The van der Waals surface area contributed by atoms with Crippen LogP contribution in [0.2, 0.25) is 0 Å². The summed E-state index contributed by atoms with van der Waals surface area (Å²) >= 11 is 0. The second-order valence-electron chi connectivity index (χ2n) is 3.85. The first-order valence-electron chi connectivity index (χ1n) is 5.80. The third-order valence-corrected chi connectivity index (χ3v) is 2.71. The molecule has 18 heavy (non-hydrogen) atoms. The van der Waals surface area contributed by atoms with Crippen molar-refractivity contribution in [3.05, 3.63) is 54.4 Å². The fourth-order valence-electron chi connectivity index (χ4n) is 1.78.